The van der Waals surface area contributed by atoms with Crippen molar-refractivity contribution >= 4 is 54.3 Å². The fraction of sp³-hybridized carbons (Fsp3) is 0. The lowest BCUT2D eigenvalue weighted by Gasteiger charge is -2.10. The van der Waals surface area contributed by atoms with Gasteiger partial charge in [-0.05, 0) is 67.7 Å². The highest BCUT2D eigenvalue weighted by molar-refractivity contribution is 6.19. The van der Waals surface area contributed by atoms with Crippen molar-refractivity contribution in [3.05, 3.63) is 164 Å². The molecule has 228 valence electrons. The monoisotopic (exact) mass is 625 g/mol. The molecule has 2 aromatic heterocycles. The summed E-state index contributed by atoms with van der Waals surface area (Å²) in [4.78, 5) is 15.4. The molecule has 0 bridgehead atoms. The number of benzene rings is 8. The highest BCUT2D eigenvalue weighted by Gasteiger charge is 2.19. The van der Waals surface area contributed by atoms with Crippen molar-refractivity contribution in [1.82, 2.24) is 15.0 Å². The number of aromatic nitrogens is 3. The second-order valence-corrected chi connectivity index (χ2v) is 12.4. The molecule has 0 saturated heterocycles. The van der Waals surface area contributed by atoms with Crippen LogP contribution in [-0.4, -0.2) is 15.0 Å². The van der Waals surface area contributed by atoms with Crippen LogP contribution in [0.4, 0.5) is 0 Å². The lowest BCUT2D eigenvalue weighted by molar-refractivity contribution is 0.669. The predicted molar refractivity (Wildman–Crippen MR) is 201 cm³/mol. The van der Waals surface area contributed by atoms with Gasteiger partial charge >= 0.3 is 0 Å². The van der Waals surface area contributed by atoms with Gasteiger partial charge in [0.15, 0.2) is 17.5 Å². The van der Waals surface area contributed by atoms with E-state index < -0.39 is 0 Å². The van der Waals surface area contributed by atoms with E-state index in [9.17, 15) is 0 Å². The Morgan fingerprint density at radius 3 is 1.82 bits per heavy atom. The van der Waals surface area contributed by atoms with Crippen LogP contribution in [0.5, 0.6) is 0 Å². The van der Waals surface area contributed by atoms with E-state index in [4.69, 9.17) is 19.4 Å². The van der Waals surface area contributed by atoms with Crippen LogP contribution in [0.25, 0.3) is 99.5 Å². The summed E-state index contributed by atoms with van der Waals surface area (Å²) in [6, 6.07) is 57.0. The largest absolute Gasteiger partial charge is 0.456 e. The van der Waals surface area contributed by atoms with Crippen molar-refractivity contribution in [2.24, 2.45) is 0 Å². The topological polar surface area (TPSA) is 51.8 Å². The minimum absolute atomic E-state index is 0.603. The smallest absolute Gasteiger partial charge is 0.164 e. The normalized spacial score (nSPS) is 11.7. The fourth-order valence-corrected chi connectivity index (χ4v) is 7.04. The number of furan rings is 1. The Balaban J connectivity index is 1.20. The quantitative estimate of drug-likeness (QED) is 0.183. The molecule has 0 radical (unpaired) electrons. The van der Waals surface area contributed by atoms with Crippen molar-refractivity contribution in [2.45, 2.75) is 0 Å². The molecule has 4 heteroatoms. The van der Waals surface area contributed by atoms with Crippen LogP contribution in [0.1, 0.15) is 0 Å². The molecule has 0 N–H and O–H groups in total. The molecule has 0 atom stereocenters. The molecule has 0 spiro atoms. The van der Waals surface area contributed by atoms with Gasteiger partial charge in [-0.1, -0.05) is 140 Å². The Labute approximate surface area is 282 Å². The first-order chi connectivity index (χ1) is 24.2. The summed E-state index contributed by atoms with van der Waals surface area (Å²) < 4.78 is 6.50. The Bertz CT molecular complexity index is 2870. The van der Waals surface area contributed by atoms with Crippen LogP contribution in [0.15, 0.2) is 168 Å². The molecule has 0 fully saturated rings. The summed E-state index contributed by atoms with van der Waals surface area (Å²) in [7, 11) is 0. The first kappa shape index (κ1) is 27.5. The van der Waals surface area contributed by atoms with Crippen LogP contribution in [0.3, 0.4) is 0 Å². The maximum Gasteiger partial charge on any atom is 0.164 e. The third-order valence-electron chi connectivity index (χ3n) is 9.49. The van der Waals surface area contributed by atoms with Gasteiger partial charge in [0.05, 0.1) is 0 Å². The third kappa shape index (κ3) is 4.65. The summed E-state index contributed by atoms with van der Waals surface area (Å²) in [6.45, 7) is 0. The first-order valence-electron chi connectivity index (χ1n) is 16.4. The molecule has 4 nitrogen and oxygen atoms in total. The van der Waals surface area contributed by atoms with E-state index in [1.807, 2.05) is 18.2 Å². The van der Waals surface area contributed by atoms with Crippen LogP contribution in [0, 0.1) is 0 Å². The zero-order valence-electron chi connectivity index (χ0n) is 26.3. The number of nitrogens with zero attached hydrogens (tertiary/aromatic N) is 3. The highest BCUT2D eigenvalue weighted by atomic mass is 16.3. The Hall–Kier alpha value is -6.65. The molecule has 0 aliphatic carbocycles. The highest BCUT2D eigenvalue weighted by Crippen LogP contribution is 2.40. The molecular weight excluding hydrogens is 599 g/mol. The van der Waals surface area contributed by atoms with Gasteiger partial charge in [0.1, 0.15) is 11.2 Å². The minimum Gasteiger partial charge on any atom is -0.456 e. The minimum atomic E-state index is 0.603. The van der Waals surface area contributed by atoms with Gasteiger partial charge in [0, 0.05) is 27.5 Å². The van der Waals surface area contributed by atoms with Crippen molar-refractivity contribution in [3.8, 4) is 45.3 Å². The van der Waals surface area contributed by atoms with Gasteiger partial charge in [-0.3, -0.25) is 0 Å². The average Bonchev–Trinajstić information content (AvgIpc) is 3.55. The van der Waals surface area contributed by atoms with Gasteiger partial charge in [0.25, 0.3) is 0 Å². The van der Waals surface area contributed by atoms with Gasteiger partial charge < -0.3 is 4.42 Å². The molecule has 0 unspecified atom stereocenters. The standard InChI is InChI=1S/C45H27N3O/c1-2-9-28(10-3-1)30-17-21-32(22-18-30)43-46-44(35-24-19-29-11-4-5-13-33(29)25-35)48-45(47-43)37-15-8-16-40-42(37)39-27-38-34(26-41(39)49-40)23-20-31-12-6-7-14-36(31)38/h1-27H. The van der Waals surface area contributed by atoms with Gasteiger partial charge in [-0.25, -0.2) is 15.0 Å². The van der Waals surface area contributed by atoms with Gasteiger partial charge in [0.2, 0.25) is 0 Å². The Morgan fingerprint density at radius 1 is 0.327 bits per heavy atom. The molecule has 10 aromatic rings. The van der Waals surface area contributed by atoms with Crippen LogP contribution >= 0.6 is 0 Å². The van der Waals surface area contributed by atoms with Crippen molar-refractivity contribution in [2.75, 3.05) is 0 Å². The van der Waals surface area contributed by atoms with E-state index in [0.717, 1.165) is 55.0 Å². The first-order valence-corrected chi connectivity index (χ1v) is 16.4. The zero-order valence-corrected chi connectivity index (χ0v) is 26.3. The maximum atomic E-state index is 6.50. The number of rotatable bonds is 4. The summed E-state index contributed by atoms with van der Waals surface area (Å²) in [5, 5.41) is 9.10. The number of fused-ring (bicyclic) bond motifs is 7. The van der Waals surface area contributed by atoms with E-state index in [1.54, 1.807) is 0 Å². The molecule has 0 aliphatic rings. The lowest BCUT2D eigenvalue weighted by Crippen LogP contribution is -2.00. The molecule has 49 heavy (non-hydrogen) atoms. The van der Waals surface area contributed by atoms with E-state index in [1.165, 1.54) is 27.1 Å². The van der Waals surface area contributed by atoms with Gasteiger partial charge in [-0.15, -0.1) is 0 Å². The molecule has 0 saturated carbocycles. The zero-order chi connectivity index (χ0) is 32.3. The molecule has 2 heterocycles. The Kier molecular flexibility index (Phi) is 6.15. The van der Waals surface area contributed by atoms with Crippen LogP contribution < -0.4 is 0 Å². The molecule has 0 aliphatic heterocycles. The molecule has 8 aromatic carbocycles. The van der Waals surface area contributed by atoms with Crippen LogP contribution in [-0.2, 0) is 0 Å². The summed E-state index contributed by atoms with van der Waals surface area (Å²) >= 11 is 0. The van der Waals surface area contributed by atoms with Crippen molar-refractivity contribution in [3.63, 3.8) is 0 Å². The number of hydrogen-bond donors (Lipinski definition) is 0. The van der Waals surface area contributed by atoms with Crippen molar-refractivity contribution in [1.29, 1.82) is 0 Å². The lowest BCUT2D eigenvalue weighted by atomic mass is 9.98. The third-order valence-corrected chi connectivity index (χ3v) is 9.49. The average molecular weight is 626 g/mol. The van der Waals surface area contributed by atoms with Crippen LogP contribution in [0.2, 0.25) is 0 Å². The summed E-state index contributed by atoms with van der Waals surface area (Å²) in [6.07, 6.45) is 0. The van der Waals surface area contributed by atoms with Gasteiger partial charge in [-0.2, -0.15) is 0 Å². The fourth-order valence-electron chi connectivity index (χ4n) is 7.04. The SMILES string of the molecule is c1ccc(-c2ccc(-c3nc(-c4ccc5ccccc5c4)nc(-c4cccc5oc6cc7ccc8ccccc8c7cc6c45)n3)cc2)cc1. The van der Waals surface area contributed by atoms with E-state index in [0.29, 0.717) is 17.5 Å². The molecular formula is C45H27N3O. The van der Waals surface area contributed by atoms with E-state index in [-0.39, 0.29) is 0 Å². The predicted octanol–water partition coefficient (Wildman–Crippen LogP) is 11.9. The molecule has 0 amide bonds. The second-order valence-electron chi connectivity index (χ2n) is 12.4. The summed E-state index contributed by atoms with van der Waals surface area (Å²) in [5.41, 5.74) is 6.71. The molecule has 10 rings (SSSR count). The number of hydrogen-bond acceptors (Lipinski definition) is 4. The maximum absolute atomic E-state index is 6.50. The Morgan fingerprint density at radius 2 is 0.959 bits per heavy atom. The van der Waals surface area contributed by atoms with E-state index >= 15 is 0 Å². The second kappa shape index (κ2) is 11.0. The van der Waals surface area contributed by atoms with E-state index in [2.05, 4.69) is 146 Å². The summed E-state index contributed by atoms with van der Waals surface area (Å²) in [5.74, 6) is 1.85. The van der Waals surface area contributed by atoms with Crippen molar-refractivity contribution < 1.29 is 4.42 Å².